The molecule has 0 aliphatic rings. The molecule has 1 aromatic heterocycles. The van der Waals surface area contributed by atoms with Crippen LogP contribution in [0.1, 0.15) is 46.2 Å². The lowest BCUT2D eigenvalue weighted by molar-refractivity contribution is 0.328. The van der Waals surface area contributed by atoms with Crippen molar-refractivity contribution in [2.45, 2.75) is 46.7 Å². The van der Waals surface area contributed by atoms with E-state index in [2.05, 4.69) is 69.0 Å². The summed E-state index contributed by atoms with van der Waals surface area (Å²) in [5, 5.41) is 3.22. The van der Waals surface area contributed by atoms with Crippen LogP contribution in [0.4, 0.5) is 5.82 Å². The van der Waals surface area contributed by atoms with E-state index in [1.54, 1.807) is 0 Å². The van der Waals surface area contributed by atoms with Crippen LogP contribution in [-0.4, -0.2) is 25.1 Å². The van der Waals surface area contributed by atoms with E-state index in [0.29, 0.717) is 12.1 Å². The third-order valence-corrected chi connectivity index (χ3v) is 3.90. The van der Waals surface area contributed by atoms with E-state index in [9.17, 15) is 0 Å². The smallest absolute Gasteiger partial charge is 0.128 e. The zero-order valence-electron chi connectivity index (χ0n) is 12.8. The fourth-order valence-electron chi connectivity index (χ4n) is 1.81. The molecule has 0 saturated heterocycles. The molecule has 0 aromatic carbocycles. The predicted molar refractivity (Wildman–Crippen MR) is 79.0 cm³/mol. The van der Waals surface area contributed by atoms with E-state index in [4.69, 9.17) is 0 Å². The average molecular weight is 249 g/mol. The van der Waals surface area contributed by atoms with E-state index in [-0.39, 0.29) is 5.41 Å². The summed E-state index contributed by atoms with van der Waals surface area (Å²) >= 11 is 0. The van der Waals surface area contributed by atoms with Crippen LogP contribution in [0.25, 0.3) is 0 Å². The zero-order valence-corrected chi connectivity index (χ0v) is 12.8. The monoisotopic (exact) mass is 249 g/mol. The van der Waals surface area contributed by atoms with Crippen LogP contribution < -0.4 is 10.2 Å². The summed E-state index contributed by atoms with van der Waals surface area (Å²) < 4.78 is 0. The lowest BCUT2D eigenvalue weighted by Crippen LogP contribution is -2.39. The topological polar surface area (TPSA) is 28.2 Å². The summed E-state index contributed by atoms with van der Waals surface area (Å²) in [6.07, 6.45) is 1.96. The van der Waals surface area contributed by atoms with Gasteiger partial charge in [-0.15, -0.1) is 0 Å². The third-order valence-electron chi connectivity index (χ3n) is 3.90. The van der Waals surface area contributed by atoms with E-state index < -0.39 is 0 Å². The Balaban J connectivity index is 2.85. The summed E-state index contributed by atoms with van der Waals surface area (Å²) in [6.45, 7) is 11.1. The van der Waals surface area contributed by atoms with Crippen molar-refractivity contribution in [1.82, 2.24) is 10.3 Å². The van der Waals surface area contributed by atoms with Gasteiger partial charge in [-0.2, -0.15) is 0 Å². The predicted octanol–water partition coefficient (Wildman–Crippen LogP) is 3.23. The van der Waals surface area contributed by atoms with Gasteiger partial charge in [0, 0.05) is 25.3 Å². The average Bonchev–Trinajstić information content (AvgIpc) is 2.35. The molecule has 2 atom stereocenters. The number of anilines is 1. The summed E-state index contributed by atoms with van der Waals surface area (Å²) in [7, 11) is 4.08. The Kier molecular flexibility index (Phi) is 4.74. The minimum atomic E-state index is 0.243. The van der Waals surface area contributed by atoms with Gasteiger partial charge in [-0.1, -0.05) is 26.8 Å². The molecule has 3 nitrogen and oxygen atoms in total. The molecule has 0 saturated carbocycles. The van der Waals surface area contributed by atoms with Crippen molar-refractivity contribution in [3.8, 4) is 0 Å². The highest BCUT2D eigenvalue weighted by Gasteiger charge is 2.24. The van der Waals surface area contributed by atoms with Gasteiger partial charge in [0.05, 0.1) is 0 Å². The number of nitrogens with zero attached hydrogens (tertiary/aromatic N) is 2. The van der Waals surface area contributed by atoms with Crippen LogP contribution in [-0.2, 0) is 0 Å². The second-order valence-corrected chi connectivity index (χ2v) is 6.11. The van der Waals surface area contributed by atoms with Gasteiger partial charge in [-0.05, 0) is 37.9 Å². The maximum Gasteiger partial charge on any atom is 0.128 e. The Morgan fingerprint density at radius 2 is 1.83 bits per heavy atom. The maximum atomic E-state index is 4.57. The van der Waals surface area contributed by atoms with Crippen molar-refractivity contribution in [1.29, 1.82) is 0 Å². The Hall–Kier alpha value is -1.09. The minimum absolute atomic E-state index is 0.243. The SMILES string of the molecule is CNC(C)c1ccc(N(C)C(C)C(C)(C)C)nc1. The molecule has 0 amide bonds. The normalized spacial score (nSPS) is 15.3. The van der Waals surface area contributed by atoms with Crippen LogP contribution in [0.15, 0.2) is 18.3 Å². The van der Waals surface area contributed by atoms with Crippen molar-refractivity contribution in [2.75, 3.05) is 19.0 Å². The molecular weight excluding hydrogens is 222 g/mol. The number of nitrogens with one attached hydrogen (secondary N) is 1. The summed E-state index contributed by atoms with van der Waals surface area (Å²) in [4.78, 5) is 6.81. The van der Waals surface area contributed by atoms with Crippen LogP contribution in [0.3, 0.4) is 0 Å². The highest BCUT2D eigenvalue weighted by molar-refractivity contribution is 5.40. The van der Waals surface area contributed by atoms with Crippen molar-refractivity contribution in [2.24, 2.45) is 5.41 Å². The standard InChI is InChI=1S/C15H27N3/c1-11(16-6)13-8-9-14(17-10-13)18(7)12(2)15(3,4)5/h8-12,16H,1-7H3. The molecule has 0 bridgehead atoms. The van der Waals surface area contributed by atoms with Gasteiger partial charge in [-0.25, -0.2) is 4.98 Å². The molecule has 1 rings (SSSR count). The second kappa shape index (κ2) is 5.70. The van der Waals surface area contributed by atoms with Crippen LogP contribution >= 0.6 is 0 Å². The summed E-state index contributed by atoms with van der Waals surface area (Å²) in [5.74, 6) is 1.03. The first kappa shape index (κ1) is 15.0. The molecule has 18 heavy (non-hydrogen) atoms. The molecule has 1 heterocycles. The second-order valence-electron chi connectivity index (χ2n) is 6.11. The molecule has 1 aromatic rings. The summed E-state index contributed by atoms with van der Waals surface area (Å²) in [5.41, 5.74) is 1.46. The van der Waals surface area contributed by atoms with E-state index in [1.807, 2.05) is 13.2 Å². The summed E-state index contributed by atoms with van der Waals surface area (Å²) in [6, 6.07) is 5.04. The van der Waals surface area contributed by atoms with Gasteiger partial charge in [0.15, 0.2) is 0 Å². The highest BCUT2D eigenvalue weighted by Crippen LogP contribution is 2.26. The van der Waals surface area contributed by atoms with E-state index in [1.165, 1.54) is 5.56 Å². The van der Waals surface area contributed by atoms with Gasteiger partial charge in [0.25, 0.3) is 0 Å². The van der Waals surface area contributed by atoms with Gasteiger partial charge < -0.3 is 10.2 Å². The Bertz CT molecular complexity index is 364. The Labute approximate surface area is 112 Å². The fraction of sp³-hybridized carbons (Fsp3) is 0.667. The highest BCUT2D eigenvalue weighted by atomic mass is 15.2. The van der Waals surface area contributed by atoms with Gasteiger partial charge in [0.2, 0.25) is 0 Å². The molecule has 0 fully saturated rings. The Morgan fingerprint density at radius 3 is 2.22 bits per heavy atom. The number of rotatable bonds is 4. The van der Waals surface area contributed by atoms with Crippen molar-refractivity contribution in [3.05, 3.63) is 23.9 Å². The molecule has 102 valence electrons. The lowest BCUT2D eigenvalue weighted by Gasteiger charge is -2.36. The molecule has 2 unspecified atom stereocenters. The fourth-order valence-corrected chi connectivity index (χ4v) is 1.81. The molecule has 1 N–H and O–H groups in total. The quantitative estimate of drug-likeness (QED) is 0.888. The lowest BCUT2D eigenvalue weighted by atomic mass is 9.87. The van der Waals surface area contributed by atoms with E-state index in [0.717, 1.165) is 5.82 Å². The third kappa shape index (κ3) is 3.45. The number of hydrogen-bond acceptors (Lipinski definition) is 3. The molecular formula is C15H27N3. The first-order chi connectivity index (χ1) is 8.27. The first-order valence-electron chi connectivity index (χ1n) is 6.63. The molecule has 0 aliphatic carbocycles. The van der Waals surface area contributed by atoms with Gasteiger partial charge in [0.1, 0.15) is 5.82 Å². The first-order valence-corrected chi connectivity index (χ1v) is 6.63. The van der Waals surface area contributed by atoms with Crippen molar-refractivity contribution in [3.63, 3.8) is 0 Å². The van der Waals surface area contributed by atoms with Crippen LogP contribution in [0, 0.1) is 5.41 Å². The van der Waals surface area contributed by atoms with Crippen LogP contribution in [0.2, 0.25) is 0 Å². The molecule has 0 radical (unpaired) electrons. The minimum Gasteiger partial charge on any atom is -0.356 e. The van der Waals surface area contributed by atoms with Crippen LogP contribution in [0.5, 0.6) is 0 Å². The van der Waals surface area contributed by atoms with E-state index >= 15 is 0 Å². The van der Waals surface area contributed by atoms with Gasteiger partial charge in [-0.3, -0.25) is 0 Å². The molecule has 3 heteroatoms. The zero-order chi connectivity index (χ0) is 13.9. The van der Waals surface area contributed by atoms with Crippen molar-refractivity contribution >= 4 is 5.82 Å². The Morgan fingerprint density at radius 1 is 1.22 bits per heavy atom. The van der Waals surface area contributed by atoms with Gasteiger partial charge >= 0.3 is 0 Å². The molecule has 0 aliphatic heterocycles. The maximum absolute atomic E-state index is 4.57. The largest absolute Gasteiger partial charge is 0.356 e. The number of hydrogen-bond donors (Lipinski definition) is 1. The number of pyridine rings is 1. The van der Waals surface area contributed by atoms with Crippen molar-refractivity contribution < 1.29 is 0 Å². The molecule has 0 spiro atoms. The number of aromatic nitrogens is 1.